The van der Waals surface area contributed by atoms with Gasteiger partial charge in [0.1, 0.15) is 11.2 Å². The van der Waals surface area contributed by atoms with Crippen molar-refractivity contribution in [1.29, 1.82) is 0 Å². The zero-order valence-corrected chi connectivity index (χ0v) is 15.2. The molecule has 1 amide bonds. The zero-order valence-electron chi connectivity index (χ0n) is 13.7. The average molecular weight is 392 g/mol. The highest BCUT2D eigenvalue weighted by molar-refractivity contribution is 6.35. The molecule has 3 rings (SSSR count). The predicted molar refractivity (Wildman–Crippen MR) is 101 cm³/mol. The largest absolute Gasteiger partial charge is 0.387 e. The van der Waals surface area contributed by atoms with Crippen molar-refractivity contribution < 1.29 is 9.90 Å². The number of aromatic amines is 1. The Kier molecular flexibility index (Phi) is 5.27. The van der Waals surface area contributed by atoms with Gasteiger partial charge in [0.15, 0.2) is 0 Å². The number of nitrogens with zero attached hydrogens (tertiary/aromatic N) is 1. The summed E-state index contributed by atoms with van der Waals surface area (Å²) in [6.45, 7) is 1.70. The zero-order chi connectivity index (χ0) is 18.8. The second-order valence-electron chi connectivity index (χ2n) is 5.77. The minimum absolute atomic E-state index is 0.0578. The smallest absolute Gasteiger partial charge is 0.256 e. The van der Waals surface area contributed by atoms with Crippen LogP contribution < -0.4 is 10.7 Å². The molecule has 0 spiro atoms. The van der Waals surface area contributed by atoms with Crippen molar-refractivity contribution in [3.05, 3.63) is 73.6 Å². The highest BCUT2D eigenvalue weighted by Gasteiger charge is 2.17. The number of hydrogen-bond acceptors (Lipinski definition) is 4. The standard InChI is InChI=1S/C18H15Cl2N3O3/c1-9-2-4-12-16(25)13(7-21-17(12)23-9)18(26)22-8-15(24)11-5-3-10(19)6-14(11)20/h2-7,15,24H,8H2,1H3,(H,22,26)(H,21,23,25)/t15-/m0/s1. The molecule has 134 valence electrons. The lowest BCUT2D eigenvalue weighted by Crippen LogP contribution is -2.32. The lowest BCUT2D eigenvalue weighted by molar-refractivity contribution is 0.0915. The number of aryl methyl sites for hydroxylation is 1. The minimum atomic E-state index is -1.03. The van der Waals surface area contributed by atoms with Gasteiger partial charge in [0.25, 0.3) is 5.91 Å². The number of hydrogen-bond donors (Lipinski definition) is 3. The summed E-state index contributed by atoms with van der Waals surface area (Å²) in [5.41, 5.74) is 1.12. The first-order chi connectivity index (χ1) is 12.4. The minimum Gasteiger partial charge on any atom is -0.387 e. The van der Waals surface area contributed by atoms with E-state index >= 15 is 0 Å². The lowest BCUT2D eigenvalue weighted by atomic mass is 10.1. The number of H-pyrrole nitrogens is 1. The molecule has 0 saturated heterocycles. The van der Waals surface area contributed by atoms with Crippen LogP contribution in [0.4, 0.5) is 0 Å². The van der Waals surface area contributed by atoms with Crippen molar-refractivity contribution in [3.63, 3.8) is 0 Å². The highest BCUT2D eigenvalue weighted by atomic mass is 35.5. The maximum absolute atomic E-state index is 12.5. The van der Waals surface area contributed by atoms with Crippen LogP contribution in [-0.4, -0.2) is 27.5 Å². The fraction of sp³-hybridized carbons (Fsp3) is 0.167. The Hall–Kier alpha value is -2.41. The van der Waals surface area contributed by atoms with E-state index in [-0.39, 0.29) is 12.1 Å². The normalized spacial score (nSPS) is 12.2. The third-order valence-electron chi connectivity index (χ3n) is 3.90. The summed E-state index contributed by atoms with van der Waals surface area (Å²) in [6, 6.07) is 8.00. The molecule has 3 N–H and O–H groups in total. The SMILES string of the molecule is Cc1ccc2c(=O)c(C(=O)NC[C@H](O)c3ccc(Cl)cc3Cl)c[nH]c2n1. The van der Waals surface area contributed by atoms with Gasteiger partial charge in [0, 0.05) is 34.0 Å². The van der Waals surface area contributed by atoms with Gasteiger partial charge in [-0.05, 0) is 31.2 Å². The Morgan fingerprint density at radius 3 is 2.81 bits per heavy atom. The van der Waals surface area contributed by atoms with E-state index in [1.807, 2.05) is 6.92 Å². The van der Waals surface area contributed by atoms with Gasteiger partial charge in [0.2, 0.25) is 5.43 Å². The Morgan fingerprint density at radius 1 is 1.31 bits per heavy atom. The van der Waals surface area contributed by atoms with Crippen molar-refractivity contribution in [2.24, 2.45) is 0 Å². The van der Waals surface area contributed by atoms with Crippen LogP contribution in [0.5, 0.6) is 0 Å². The molecule has 1 atom stereocenters. The van der Waals surface area contributed by atoms with Crippen LogP contribution in [0.15, 0.2) is 41.3 Å². The van der Waals surface area contributed by atoms with E-state index in [2.05, 4.69) is 15.3 Å². The number of rotatable bonds is 4. The van der Waals surface area contributed by atoms with Crippen molar-refractivity contribution in [2.45, 2.75) is 13.0 Å². The van der Waals surface area contributed by atoms with Crippen molar-refractivity contribution in [2.75, 3.05) is 6.54 Å². The number of carbonyl (C=O) groups excluding carboxylic acids is 1. The molecular weight excluding hydrogens is 377 g/mol. The van der Waals surface area contributed by atoms with Crippen LogP contribution >= 0.6 is 23.2 Å². The van der Waals surface area contributed by atoms with E-state index in [1.54, 1.807) is 24.3 Å². The van der Waals surface area contributed by atoms with Gasteiger partial charge < -0.3 is 15.4 Å². The molecule has 1 aromatic carbocycles. The first-order valence-corrected chi connectivity index (χ1v) is 8.52. The van der Waals surface area contributed by atoms with Crippen molar-refractivity contribution >= 4 is 40.1 Å². The maximum Gasteiger partial charge on any atom is 0.256 e. The van der Waals surface area contributed by atoms with Crippen LogP contribution in [-0.2, 0) is 0 Å². The van der Waals surface area contributed by atoms with Crippen LogP contribution in [0.25, 0.3) is 11.0 Å². The molecule has 0 saturated carbocycles. The Balaban J connectivity index is 1.78. The van der Waals surface area contributed by atoms with E-state index < -0.39 is 17.4 Å². The highest BCUT2D eigenvalue weighted by Crippen LogP contribution is 2.25. The Labute approximate surface area is 158 Å². The molecule has 0 aliphatic heterocycles. The Morgan fingerprint density at radius 2 is 2.08 bits per heavy atom. The quantitative estimate of drug-likeness (QED) is 0.636. The van der Waals surface area contributed by atoms with Crippen LogP contribution in [0, 0.1) is 6.92 Å². The number of pyridine rings is 2. The van der Waals surface area contributed by atoms with E-state index in [1.165, 1.54) is 12.3 Å². The molecule has 3 aromatic rings. The van der Waals surface area contributed by atoms with Gasteiger partial charge in [-0.3, -0.25) is 9.59 Å². The lowest BCUT2D eigenvalue weighted by Gasteiger charge is -2.14. The van der Waals surface area contributed by atoms with Crippen LogP contribution in [0.3, 0.4) is 0 Å². The van der Waals surface area contributed by atoms with Gasteiger partial charge in [-0.15, -0.1) is 0 Å². The van der Waals surface area contributed by atoms with Gasteiger partial charge in [-0.25, -0.2) is 4.98 Å². The topological polar surface area (TPSA) is 95.1 Å². The molecule has 8 heteroatoms. The van der Waals surface area contributed by atoms with E-state index in [0.717, 1.165) is 5.69 Å². The number of aliphatic hydroxyl groups excluding tert-OH is 1. The number of fused-ring (bicyclic) bond motifs is 1. The van der Waals surface area contributed by atoms with E-state index in [9.17, 15) is 14.7 Å². The van der Waals surface area contributed by atoms with Gasteiger partial charge in [-0.1, -0.05) is 29.3 Å². The fourth-order valence-electron chi connectivity index (χ4n) is 2.54. The van der Waals surface area contributed by atoms with E-state index in [4.69, 9.17) is 23.2 Å². The molecule has 0 fully saturated rings. The van der Waals surface area contributed by atoms with Gasteiger partial charge in [0.05, 0.1) is 11.5 Å². The summed E-state index contributed by atoms with van der Waals surface area (Å²) in [5, 5.41) is 13.8. The number of carbonyl (C=O) groups is 1. The van der Waals surface area contributed by atoms with Crippen LogP contribution in [0.2, 0.25) is 10.0 Å². The number of halogens is 2. The van der Waals surface area contributed by atoms with Crippen molar-refractivity contribution in [1.82, 2.24) is 15.3 Å². The molecule has 0 radical (unpaired) electrons. The molecule has 6 nitrogen and oxygen atoms in total. The summed E-state index contributed by atoms with van der Waals surface area (Å²) in [6.07, 6.45) is 0.279. The molecule has 0 aliphatic rings. The van der Waals surface area contributed by atoms with Crippen LogP contribution in [0.1, 0.15) is 27.7 Å². The first kappa shape index (κ1) is 18.4. The molecular formula is C18H15Cl2N3O3. The first-order valence-electron chi connectivity index (χ1n) is 7.77. The molecule has 0 unspecified atom stereocenters. The fourth-order valence-corrected chi connectivity index (χ4v) is 3.07. The number of aromatic nitrogens is 2. The second kappa shape index (κ2) is 7.45. The summed E-state index contributed by atoms with van der Waals surface area (Å²) in [4.78, 5) is 31.9. The second-order valence-corrected chi connectivity index (χ2v) is 6.62. The van der Waals surface area contributed by atoms with Crippen molar-refractivity contribution in [3.8, 4) is 0 Å². The predicted octanol–water partition coefficient (Wildman–Crippen LogP) is 3.00. The Bertz CT molecular complexity index is 1050. The number of amides is 1. The van der Waals surface area contributed by atoms with Gasteiger partial charge in [-0.2, -0.15) is 0 Å². The molecule has 26 heavy (non-hydrogen) atoms. The van der Waals surface area contributed by atoms with Gasteiger partial charge >= 0.3 is 0 Å². The molecule has 2 aromatic heterocycles. The summed E-state index contributed by atoms with van der Waals surface area (Å²) >= 11 is 11.9. The maximum atomic E-state index is 12.5. The third kappa shape index (κ3) is 3.72. The summed E-state index contributed by atoms with van der Waals surface area (Å²) in [7, 11) is 0. The molecule has 0 aliphatic carbocycles. The summed E-state index contributed by atoms with van der Waals surface area (Å²) < 4.78 is 0. The monoisotopic (exact) mass is 391 g/mol. The number of nitrogens with one attached hydrogen (secondary N) is 2. The van der Waals surface area contributed by atoms with E-state index in [0.29, 0.717) is 26.6 Å². The summed E-state index contributed by atoms with van der Waals surface area (Å²) in [5.74, 6) is -0.599. The third-order valence-corrected chi connectivity index (χ3v) is 4.46. The average Bonchev–Trinajstić information content (AvgIpc) is 2.59. The number of aliphatic hydroxyl groups is 1. The molecule has 0 bridgehead atoms. The number of benzene rings is 1. The molecule has 2 heterocycles.